The Morgan fingerprint density at radius 2 is 1.02 bits per heavy atom. The predicted octanol–water partition coefficient (Wildman–Crippen LogP) is 8.60. The molecular weight excluding hydrogens is 534 g/mol. The lowest BCUT2D eigenvalue weighted by Crippen LogP contribution is -2.10. The molecule has 0 aliphatic rings. The van der Waals surface area contributed by atoms with Crippen LogP contribution in [0.2, 0.25) is 0 Å². The first-order chi connectivity index (χ1) is 20.7. The average molecular weight is 574 g/mol. The summed E-state index contributed by atoms with van der Waals surface area (Å²) in [5.74, 6) is -0.888. The quantitative estimate of drug-likeness (QED) is 0.125. The summed E-state index contributed by atoms with van der Waals surface area (Å²) < 4.78 is 10.4. The van der Waals surface area contributed by atoms with Gasteiger partial charge in [-0.15, -0.1) is 0 Å². The molecule has 0 radical (unpaired) electrons. The van der Waals surface area contributed by atoms with E-state index in [2.05, 4.69) is 125 Å². The Labute approximate surface area is 255 Å². The van der Waals surface area contributed by atoms with Gasteiger partial charge >= 0.3 is 11.9 Å². The highest BCUT2D eigenvalue weighted by Crippen LogP contribution is 2.37. The third-order valence-electron chi connectivity index (χ3n) is 7.61. The van der Waals surface area contributed by atoms with Crippen LogP contribution in [0.1, 0.15) is 33.4 Å². The van der Waals surface area contributed by atoms with Crippen molar-refractivity contribution >= 4 is 29.0 Å². The fraction of sp³-hybridized carbons (Fsp3) is 0.211. The zero-order chi connectivity index (χ0) is 30.9. The third kappa shape index (κ3) is 8.10. The second-order valence-corrected chi connectivity index (χ2v) is 10.7. The second kappa shape index (κ2) is 14.3. The van der Waals surface area contributed by atoms with E-state index >= 15 is 0 Å². The van der Waals surface area contributed by atoms with E-state index in [0.29, 0.717) is 12.8 Å². The zero-order valence-electron chi connectivity index (χ0n) is 25.5. The minimum absolute atomic E-state index is 0.249. The first-order valence-electron chi connectivity index (χ1n) is 14.4. The number of carbonyl (C=O) groups excluding carboxylic acids is 2. The summed E-state index contributed by atoms with van der Waals surface area (Å²) in [6.07, 6.45) is 3.43. The Morgan fingerprint density at radius 1 is 0.581 bits per heavy atom. The van der Waals surface area contributed by atoms with E-state index in [4.69, 9.17) is 9.47 Å². The number of hydrogen-bond donors (Lipinski definition) is 0. The largest absolute Gasteiger partial charge is 0.462 e. The lowest BCUT2D eigenvalue weighted by atomic mass is 9.97. The van der Waals surface area contributed by atoms with Crippen molar-refractivity contribution in [2.75, 3.05) is 18.1 Å². The van der Waals surface area contributed by atoms with Crippen molar-refractivity contribution in [2.24, 2.45) is 0 Å². The van der Waals surface area contributed by atoms with Gasteiger partial charge in [0.15, 0.2) is 0 Å². The van der Waals surface area contributed by atoms with E-state index in [1.54, 1.807) is 0 Å². The van der Waals surface area contributed by atoms with Crippen LogP contribution in [-0.2, 0) is 31.9 Å². The van der Waals surface area contributed by atoms with Crippen molar-refractivity contribution in [3.8, 4) is 11.1 Å². The van der Waals surface area contributed by atoms with Gasteiger partial charge in [-0.2, -0.15) is 0 Å². The summed E-state index contributed by atoms with van der Waals surface area (Å²) >= 11 is 0. The smallest absolute Gasteiger partial charge is 0.330 e. The van der Waals surface area contributed by atoms with Gasteiger partial charge in [-0.05, 0) is 109 Å². The molecule has 43 heavy (non-hydrogen) atoms. The maximum Gasteiger partial charge on any atom is 0.330 e. The molecule has 0 heterocycles. The Kier molecular flexibility index (Phi) is 10.3. The molecule has 5 nitrogen and oxygen atoms in total. The number of ether oxygens (including phenoxy) is 2. The van der Waals surface area contributed by atoms with E-state index in [1.807, 2.05) is 0 Å². The average Bonchev–Trinajstić information content (AvgIpc) is 3.01. The molecule has 4 rings (SSSR count). The summed E-state index contributed by atoms with van der Waals surface area (Å²) in [5, 5.41) is 0. The number of carbonyl (C=O) groups is 2. The Balaban J connectivity index is 1.68. The Hall–Kier alpha value is -4.90. The highest BCUT2D eigenvalue weighted by atomic mass is 16.5. The minimum Gasteiger partial charge on any atom is -0.462 e. The van der Waals surface area contributed by atoms with Crippen molar-refractivity contribution in [2.45, 2.75) is 40.5 Å². The molecule has 0 aliphatic carbocycles. The minimum atomic E-state index is -0.444. The lowest BCUT2D eigenvalue weighted by molar-refractivity contribution is -0.138. The van der Waals surface area contributed by atoms with E-state index in [1.165, 1.54) is 22.3 Å². The van der Waals surface area contributed by atoms with Crippen LogP contribution >= 0.6 is 0 Å². The molecule has 0 saturated heterocycles. The number of anilines is 3. The number of nitrogens with zero attached hydrogens (tertiary/aromatic N) is 1. The molecule has 0 saturated carbocycles. The molecule has 220 valence electrons. The van der Waals surface area contributed by atoms with E-state index < -0.39 is 11.9 Å². The second-order valence-electron chi connectivity index (χ2n) is 10.7. The van der Waals surface area contributed by atoms with Crippen LogP contribution in [0.15, 0.2) is 104 Å². The van der Waals surface area contributed by atoms with Crippen LogP contribution < -0.4 is 4.90 Å². The highest BCUT2D eigenvalue weighted by Gasteiger charge is 2.15. The summed E-state index contributed by atoms with van der Waals surface area (Å²) in [5.41, 5.74) is 12.4. The molecule has 0 bridgehead atoms. The number of rotatable bonds is 12. The van der Waals surface area contributed by atoms with Crippen LogP contribution in [0.5, 0.6) is 0 Å². The molecule has 5 heteroatoms. The monoisotopic (exact) mass is 573 g/mol. The molecule has 0 unspecified atom stereocenters. The van der Waals surface area contributed by atoms with Crippen molar-refractivity contribution in [1.29, 1.82) is 0 Å². The molecule has 4 aromatic rings. The van der Waals surface area contributed by atoms with Gasteiger partial charge in [0.05, 0.1) is 13.2 Å². The fourth-order valence-electron chi connectivity index (χ4n) is 4.85. The van der Waals surface area contributed by atoms with Crippen molar-refractivity contribution < 1.29 is 19.1 Å². The van der Waals surface area contributed by atoms with Gasteiger partial charge in [0.1, 0.15) is 0 Å². The topological polar surface area (TPSA) is 55.8 Å². The Morgan fingerprint density at radius 3 is 1.44 bits per heavy atom. The summed E-state index contributed by atoms with van der Waals surface area (Å²) in [6.45, 7) is 15.9. The molecule has 4 aromatic carbocycles. The van der Waals surface area contributed by atoms with E-state index in [0.717, 1.165) is 51.5 Å². The van der Waals surface area contributed by atoms with Gasteiger partial charge in [-0.1, -0.05) is 55.6 Å². The molecule has 0 spiro atoms. The van der Waals surface area contributed by atoms with Gasteiger partial charge in [-0.3, -0.25) is 0 Å². The summed E-state index contributed by atoms with van der Waals surface area (Å²) in [4.78, 5) is 25.4. The number of esters is 2. The maximum absolute atomic E-state index is 11.6. The molecular formula is C38H39NO4. The van der Waals surface area contributed by atoms with Gasteiger partial charge in [0.25, 0.3) is 0 Å². The summed E-state index contributed by atoms with van der Waals surface area (Å²) in [7, 11) is 0. The van der Waals surface area contributed by atoms with Gasteiger partial charge in [-0.25, -0.2) is 9.59 Å². The highest BCUT2D eigenvalue weighted by molar-refractivity contribution is 5.82. The van der Waals surface area contributed by atoms with Crippen LogP contribution in [0.4, 0.5) is 17.1 Å². The van der Waals surface area contributed by atoms with Crippen LogP contribution in [0.3, 0.4) is 0 Å². The maximum atomic E-state index is 11.6. The number of benzene rings is 4. The van der Waals surface area contributed by atoms with Crippen LogP contribution in [0, 0.1) is 27.7 Å². The van der Waals surface area contributed by atoms with E-state index in [9.17, 15) is 9.59 Å². The van der Waals surface area contributed by atoms with Crippen molar-refractivity contribution in [3.63, 3.8) is 0 Å². The molecule has 0 aliphatic heterocycles. The SMILES string of the molecule is C=CC(=O)OCCc1cc(CCOC(=O)C=C)cc(-c2ccc(N(c3ccc(C)c(C)c3)c3ccc(C)c(C)c3)cc2)c1. The van der Waals surface area contributed by atoms with Gasteiger partial charge < -0.3 is 14.4 Å². The predicted molar refractivity (Wildman–Crippen MR) is 175 cm³/mol. The van der Waals surface area contributed by atoms with Crippen LogP contribution in [-0.4, -0.2) is 25.2 Å². The lowest BCUT2D eigenvalue weighted by Gasteiger charge is -2.27. The van der Waals surface area contributed by atoms with Gasteiger partial charge in [0, 0.05) is 42.1 Å². The van der Waals surface area contributed by atoms with Crippen molar-refractivity contribution in [1.82, 2.24) is 0 Å². The van der Waals surface area contributed by atoms with Crippen LogP contribution in [0.25, 0.3) is 11.1 Å². The molecule has 0 amide bonds. The fourth-order valence-corrected chi connectivity index (χ4v) is 4.85. The molecule has 0 atom stereocenters. The first-order valence-corrected chi connectivity index (χ1v) is 14.4. The van der Waals surface area contributed by atoms with Crippen molar-refractivity contribution in [3.05, 3.63) is 138 Å². The first kappa shape index (κ1) is 31.0. The van der Waals surface area contributed by atoms with Gasteiger partial charge in [0.2, 0.25) is 0 Å². The third-order valence-corrected chi connectivity index (χ3v) is 7.61. The normalized spacial score (nSPS) is 10.6. The molecule has 0 N–H and O–H groups in total. The number of aryl methyl sites for hydroxylation is 4. The standard InChI is InChI=1S/C38H39NO4/c1-7-37(40)42-19-17-30-23-31(18-20-43-38(41)8-2)25-33(24-30)32-11-15-34(16-12-32)39(35-13-9-26(3)28(5)21-35)36-14-10-27(4)29(6)22-36/h7-16,21-25H,1-2,17-20H2,3-6H3. The molecule has 0 aromatic heterocycles. The zero-order valence-corrected chi connectivity index (χ0v) is 25.5. The molecule has 0 fully saturated rings. The Bertz CT molecular complexity index is 1540. The summed E-state index contributed by atoms with van der Waals surface area (Å²) in [6, 6.07) is 27.9. The van der Waals surface area contributed by atoms with E-state index in [-0.39, 0.29) is 13.2 Å². The number of hydrogen-bond acceptors (Lipinski definition) is 5.